The van der Waals surface area contributed by atoms with Gasteiger partial charge in [0, 0.05) is 6.42 Å². The van der Waals surface area contributed by atoms with Gasteiger partial charge in [0.25, 0.3) is 0 Å². The Morgan fingerprint density at radius 1 is 1.04 bits per heavy atom. The zero-order chi connectivity index (χ0) is 19.5. The van der Waals surface area contributed by atoms with E-state index in [1.165, 1.54) is 0 Å². The van der Waals surface area contributed by atoms with Gasteiger partial charge in [-0.1, -0.05) is 42.5 Å². The van der Waals surface area contributed by atoms with E-state index in [4.69, 9.17) is 15.2 Å². The Morgan fingerprint density at radius 3 is 2.37 bits per heavy atom. The van der Waals surface area contributed by atoms with Crippen LogP contribution in [-0.4, -0.2) is 36.4 Å². The number of carbonyl (C=O) groups excluding carboxylic acids is 1. The normalized spacial score (nSPS) is 11.4. The molecule has 2 aromatic carbocycles. The van der Waals surface area contributed by atoms with Gasteiger partial charge in [-0.15, -0.1) is 0 Å². The van der Waals surface area contributed by atoms with Crippen LogP contribution in [0.3, 0.4) is 0 Å². The molecule has 27 heavy (non-hydrogen) atoms. The summed E-state index contributed by atoms with van der Waals surface area (Å²) in [4.78, 5) is 23.3. The number of hydrogen-bond acceptors (Lipinski definition) is 5. The summed E-state index contributed by atoms with van der Waals surface area (Å²) in [6.45, 7) is 1.17. The number of benzene rings is 2. The van der Waals surface area contributed by atoms with E-state index < -0.39 is 18.1 Å². The van der Waals surface area contributed by atoms with E-state index in [-0.39, 0.29) is 13.0 Å². The van der Waals surface area contributed by atoms with Crippen LogP contribution >= 0.6 is 0 Å². The topological polar surface area (TPSA) is 111 Å². The van der Waals surface area contributed by atoms with Crippen molar-refractivity contribution in [3.8, 4) is 5.75 Å². The molecule has 144 valence electrons. The highest BCUT2D eigenvalue weighted by atomic mass is 16.5. The van der Waals surface area contributed by atoms with Crippen molar-refractivity contribution in [2.24, 2.45) is 5.73 Å². The van der Waals surface area contributed by atoms with E-state index in [0.717, 1.165) is 17.5 Å². The molecule has 2 rings (SSSR count). The zero-order valence-corrected chi connectivity index (χ0v) is 15.0. The number of nitrogens with one attached hydrogen (secondary N) is 1. The molecule has 4 N–H and O–H groups in total. The van der Waals surface area contributed by atoms with E-state index >= 15 is 0 Å². The smallest absolute Gasteiger partial charge is 0.408 e. The molecule has 0 aliphatic heterocycles. The number of amides is 1. The first-order valence-electron chi connectivity index (χ1n) is 8.70. The van der Waals surface area contributed by atoms with Gasteiger partial charge < -0.3 is 25.6 Å². The fraction of sp³-hybridized carbons (Fsp3) is 0.300. The van der Waals surface area contributed by atoms with Crippen molar-refractivity contribution in [1.82, 2.24) is 5.32 Å². The molecule has 0 spiro atoms. The first-order valence-corrected chi connectivity index (χ1v) is 8.70. The Bertz CT molecular complexity index is 719. The number of carboxylic acid groups (broad SMARTS) is 1. The summed E-state index contributed by atoms with van der Waals surface area (Å²) in [7, 11) is 0. The van der Waals surface area contributed by atoms with Crippen LogP contribution in [0.4, 0.5) is 4.79 Å². The number of ether oxygens (including phenoxy) is 2. The van der Waals surface area contributed by atoms with Crippen LogP contribution in [0.15, 0.2) is 54.6 Å². The molecule has 2 aromatic rings. The van der Waals surface area contributed by atoms with E-state index in [2.05, 4.69) is 5.32 Å². The maximum atomic E-state index is 11.9. The van der Waals surface area contributed by atoms with E-state index in [9.17, 15) is 14.7 Å². The predicted molar refractivity (Wildman–Crippen MR) is 100 cm³/mol. The maximum absolute atomic E-state index is 11.9. The van der Waals surface area contributed by atoms with Gasteiger partial charge in [0.05, 0.1) is 6.61 Å². The predicted octanol–water partition coefficient (Wildman–Crippen LogP) is 2.34. The summed E-state index contributed by atoms with van der Waals surface area (Å²) in [5, 5.41) is 11.7. The van der Waals surface area contributed by atoms with Crippen molar-refractivity contribution in [3.63, 3.8) is 0 Å². The largest absolute Gasteiger partial charge is 0.494 e. The summed E-state index contributed by atoms with van der Waals surface area (Å²) in [6, 6.07) is 15.1. The van der Waals surface area contributed by atoms with Gasteiger partial charge in [0.1, 0.15) is 18.4 Å². The summed E-state index contributed by atoms with van der Waals surface area (Å²) in [5.41, 5.74) is 7.00. The van der Waals surface area contributed by atoms with Crippen LogP contribution in [-0.2, 0) is 22.6 Å². The summed E-state index contributed by atoms with van der Waals surface area (Å²) >= 11 is 0. The van der Waals surface area contributed by atoms with Crippen molar-refractivity contribution in [3.05, 3.63) is 65.7 Å². The minimum absolute atomic E-state index is 0.0772. The number of rotatable bonds is 10. The number of aliphatic carboxylic acids is 1. The van der Waals surface area contributed by atoms with Crippen molar-refractivity contribution < 1.29 is 24.2 Å². The van der Waals surface area contributed by atoms with Gasteiger partial charge in [-0.25, -0.2) is 9.59 Å². The van der Waals surface area contributed by atoms with Gasteiger partial charge in [-0.3, -0.25) is 0 Å². The summed E-state index contributed by atoms with van der Waals surface area (Å²) < 4.78 is 10.6. The first-order chi connectivity index (χ1) is 13.1. The molecule has 0 heterocycles. The number of nitrogens with two attached hydrogens (primary N) is 1. The van der Waals surface area contributed by atoms with Crippen molar-refractivity contribution in [1.29, 1.82) is 0 Å². The zero-order valence-electron chi connectivity index (χ0n) is 15.0. The molecule has 0 saturated carbocycles. The second kappa shape index (κ2) is 10.8. The van der Waals surface area contributed by atoms with Gasteiger partial charge in [0.2, 0.25) is 0 Å². The van der Waals surface area contributed by atoms with E-state index in [1.807, 2.05) is 30.3 Å². The Morgan fingerprint density at radius 2 is 1.74 bits per heavy atom. The summed E-state index contributed by atoms with van der Waals surface area (Å²) in [6.07, 6.45) is 0.129. The van der Waals surface area contributed by atoms with Crippen molar-refractivity contribution >= 4 is 12.1 Å². The second-order valence-electron chi connectivity index (χ2n) is 5.94. The molecule has 1 atom stereocenters. The number of hydrogen-bond donors (Lipinski definition) is 3. The highest BCUT2D eigenvalue weighted by Gasteiger charge is 2.21. The fourth-order valence-electron chi connectivity index (χ4n) is 2.34. The number of alkyl carbamates (subject to hydrolysis) is 1. The van der Waals surface area contributed by atoms with Crippen molar-refractivity contribution in [2.75, 3.05) is 13.2 Å². The van der Waals surface area contributed by atoms with Crippen LogP contribution in [0.5, 0.6) is 5.75 Å². The highest BCUT2D eigenvalue weighted by molar-refractivity contribution is 5.80. The SMILES string of the molecule is NCCCOc1ccc(C[C@H](NC(=O)OCc2ccccc2)C(=O)O)cc1. The second-order valence-corrected chi connectivity index (χ2v) is 5.94. The lowest BCUT2D eigenvalue weighted by Gasteiger charge is -2.15. The van der Waals surface area contributed by atoms with Crippen LogP contribution in [0, 0.1) is 0 Å². The first kappa shape index (κ1) is 20.3. The molecular formula is C20H24N2O5. The Kier molecular flexibility index (Phi) is 8.12. The molecule has 0 aromatic heterocycles. The molecule has 0 unspecified atom stereocenters. The molecule has 7 nitrogen and oxygen atoms in total. The lowest BCUT2D eigenvalue weighted by molar-refractivity contribution is -0.139. The third kappa shape index (κ3) is 7.37. The van der Waals surface area contributed by atoms with E-state index in [0.29, 0.717) is 18.9 Å². The highest BCUT2D eigenvalue weighted by Crippen LogP contribution is 2.14. The third-order valence-corrected chi connectivity index (χ3v) is 3.78. The molecule has 0 bridgehead atoms. The minimum atomic E-state index is -1.13. The lowest BCUT2D eigenvalue weighted by atomic mass is 10.1. The molecule has 1 amide bonds. The molecule has 0 radical (unpaired) electrons. The Hall–Kier alpha value is -3.06. The van der Waals surface area contributed by atoms with Gasteiger partial charge >= 0.3 is 12.1 Å². The Balaban J connectivity index is 1.85. The third-order valence-electron chi connectivity index (χ3n) is 3.78. The molecule has 0 aliphatic carbocycles. The van der Waals surface area contributed by atoms with Crippen LogP contribution < -0.4 is 15.8 Å². The van der Waals surface area contributed by atoms with Gasteiger partial charge in [-0.2, -0.15) is 0 Å². The molecular weight excluding hydrogens is 348 g/mol. The molecule has 0 aliphatic rings. The molecule has 0 fully saturated rings. The summed E-state index contributed by atoms with van der Waals surface area (Å²) in [5.74, 6) is -0.441. The molecule has 0 saturated heterocycles. The average molecular weight is 372 g/mol. The number of carbonyl (C=O) groups is 2. The van der Waals surface area contributed by atoms with Crippen LogP contribution in [0.25, 0.3) is 0 Å². The monoisotopic (exact) mass is 372 g/mol. The average Bonchev–Trinajstić information content (AvgIpc) is 2.68. The van der Waals surface area contributed by atoms with Crippen LogP contribution in [0.2, 0.25) is 0 Å². The quantitative estimate of drug-likeness (QED) is 0.552. The Labute approximate surface area is 158 Å². The minimum Gasteiger partial charge on any atom is -0.494 e. The molecule has 7 heteroatoms. The van der Waals surface area contributed by atoms with Gasteiger partial charge in [-0.05, 0) is 36.2 Å². The fourth-order valence-corrected chi connectivity index (χ4v) is 2.34. The van der Waals surface area contributed by atoms with Crippen molar-refractivity contribution in [2.45, 2.75) is 25.5 Å². The van der Waals surface area contributed by atoms with Crippen LogP contribution in [0.1, 0.15) is 17.5 Å². The standard InChI is InChI=1S/C20H24N2O5/c21-11-4-12-26-17-9-7-15(8-10-17)13-18(19(23)24)22-20(25)27-14-16-5-2-1-3-6-16/h1-3,5-10,18H,4,11-14,21H2,(H,22,25)(H,23,24)/t18-/m0/s1. The van der Waals surface area contributed by atoms with E-state index in [1.54, 1.807) is 24.3 Å². The maximum Gasteiger partial charge on any atom is 0.408 e. The van der Waals surface area contributed by atoms with Gasteiger partial charge in [0.15, 0.2) is 0 Å². The number of carboxylic acids is 1. The lowest BCUT2D eigenvalue weighted by Crippen LogP contribution is -2.42.